The van der Waals surface area contributed by atoms with Gasteiger partial charge < -0.3 is 10.3 Å². The summed E-state index contributed by atoms with van der Waals surface area (Å²) in [5.74, 6) is 1.39. The van der Waals surface area contributed by atoms with Crippen LogP contribution in [-0.4, -0.2) is 32.4 Å². The van der Waals surface area contributed by atoms with Gasteiger partial charge in [-0.3, -0.25) is 9.78 Å². The summed E-state index contributed by atoms with van der Waals surface area (Å²) < 4.78 is 0. The van der Waals surface area contributed by atoms with E-state index in [4.69, 9.17) is 4.98 Å². The van der Waals surface area contributed by atoms with E-state index < -0.39 is 0 Å². The van der Waals surface area contributed by atoms with Crippen molar-refractivity contribution in [3.63, 3.8) is 0 Å². The van der Waals surface area contributed by atoms with Crippen LogP contribution >= 0.6 is 0 Å². The SMILES string of the molecule is O=C1NCCc2[nH]c(-c3ccnc4cnc(C5CC5)nc34)cc21. The Morgan fingerprint density at radius 2 is 2.09 bits per heavy atom. The summed E-state index contributed by atoms with van der Waals surface area (Å²) in [6.45, 7) is 0.677. The van der Waals surface area contributed by atoms with Crippen molar-refractivity contribution in [1.29, 1.82) is 0 Å². The standard InChI is InChI=1S/C17H15N5O/c23-17-11-7-13(21-12(11)4-6-19-17)10-3-5-18-14-8-20-16(9-1-2-9)22-15(10)14/h3,5,7-9,21H,1-2,4,6H2,(H,19,23). The summed E-state index contributed by atoms with van der Waals surface area (Å²) >= 11 is 0. The van der Waals surface area contributed by atoms with Crippen molar-refractivity contribution in [3.8, 4) is 11.3 Å². The van der Waals surface area contributed by atoms with Crippen molar-refractivity contribution in [2.75, 3.05) is 6.54 Å². The van der Waals surface area contributed by atoms with Crippen molar-refractivity contribution < 1.29 is 4.79 Å². The van der Waals surface area contributed by atoms with Crippen molar-refractivity contribution >= 4 is 16.9 Å². The number of pyridine rings is 1. The average Bonchev–Trinajstić information content (AvgIpc) is 3.33. The fourth-order valence-corrected chi connectivity index (χ4v) is 3.15. The molecule has 3 aromatic rings. The second kappa shape index (κ2) is 4.62. The van der Waals surface area contributed by atoms with E-state index >= 15 is 0 Å². The number of rotatable bonds is 2. The lowest BCUT2D eigenvalue weighted by Gasteiger charge is -2.11. The fraction of sp³-hybridized carbons (Fsp3) is 0.294. The van der Waals surface area contributed by atoms with Crippen LogP contribution in [0.25, 0.3) is 22.3 Å². The van der Waals surface area contributed by atoms with Crippen LogP contribution < -0.4 is 5.32 Å². The Labute approximate surface area is 132 Å². The van der Waals surface area contributed by atoms with Gasteiger partial charge in [0.25, 0.3) is 5.91 Å². The van der Waals surface area contributed by atoms with Gasteiger partial charge in [0, 0.05) is 42.0 Å². The summed E-state index contributed by atoms with van der Waals surface area (Å²) in [5.41, 5.74) is 5.24. The number of aromatic amines is 1. The number of nitrogens with one attached hydrogen (secondary N) is 2. The predicted octanol–water partition coefficient (Wildman–Crippen LogP) is 2.18. The normalized spacial score (nSPS) is 17.1. The van der Waals surface area contributed by atoms with E-state index in [9.17, 15) is 4.79 Å². The number of carbonyl (C=O) groups excluding carboxylic acids is 1. The maximum atomic E-state index is 12.0. The molecule has 4 heterocycles. The topological polar surface area (TPSA) is 83.6 Å². The molecule has 5 rings (SSSR count). The number of hydrogen-bond donors (Lipinski definition) is 2. The lowest BCUT2D eigenvalue weighted by Crippen LogP contribution is -2.31. The summed E-state index contributed by atoms with van der Waals surface area (Å²) in [4.78, 5) is 28.9. The number of H-pyrrole nitrogens is 1. The van der Waals surface area contributed by atoms with E-state index in [0.717, 1.165) is 58.6 Å². The van der Waals surface area contributed by atoms with Crippen molar-refractivity contribution in [1.82, 2.24) is 25.3 Å². The molecule has 6 nitrogen and oxygen atoms in total. The minimum absolute atomic E-state index is 0.0135. The second-order valence-electron chi connectivity index (χ2n) is 6.18. The number of fused-ring (bicyclic) bond motifs is 2. The molecule has 2 N–H and O–H groups in total. The third-order valence-electron chi connectivity index (χ3n) is 4.54. The molecular formula is C17H15N5O. The zero-order valence-electron chi connectivity index (χ0n) is 12.5. The van der Waals surface area contributed by atoms with E-state index in [1.165, 1.54) is 0 Å². The Morgan fingerprint density at radius 1 is 1.17 bits per heavy atom. The summed E-state index contributed by atoms with van der Waals surface area (Å²) in [5, 5.41) is 2.88. The van der Waals surface area contributed by atoms with Gasteiger partial charge in [0.2, 0.25) is 0 Å². The fourth-order valence-electron chi connectivity index (χ4n) is 3.15. The quantitative estimate of drug-likeness (QED) is 0.760. The third-order valence-corrected chi connectivity index (χ3v) is 4.54. The predicted molar refractivity (Wildman–Crippen MR) is 85.1 cm³/mol. The molecule has 0 aromatic carbocycles. The first-order valence-electron chi connectivity index (χ1n) is 7.92. The molecule has 1 fully saturated rings. The average molecular weight is 305 g/mol. The van der Waals surface area contributed by atoms with E-state index in [1.807, 2.05) is 12.1 Å². The van der Waals surface area contributed by atoms with Crippen LogP contribution in [0.1, 0.15) is 40.6 Å². The van der Waals surface area contributed by atoms with Crippen LogP contribution in [0, 0.1) is 0 Å². The Kier molecular flexibility index (Phi) is 2.56. The molecule has 0 radical (unpaired) electrons. The second-order valence-corrected chi connectivity index (χ2v) is 6.18. The van der Waals surface area contributed by atoms with E-state index in [2.05, 4.69) is 20.3 Å². The zero-order valence-corrected chi connectivity index (χ0v) is 12.5. The van der Waals surface area contributed by atoms with Gasteiger partial charge in [-0.05, 0) is 25.0 Å². The molecular weight excluding hydrogens is 290 g/mol. The van der Waals surface area contributed by atoms with Gasteiger partial charge in [0.05, 0.1) is 11.8 Å². The molecule has 2 aliphatic rings. The molecule has 1 saturated carbocycles. The highest BCUT2D eigenvalue weighted by Crippen LogP contribution is 2.39. The third kappa shape index (κ3) is 2.02. The lowest BCUT2D eigenvalue weighted by molar-refractivity contribution is 0.0946. The van der Waals surface area contributed by atoms with Crippen LogP contribution in [0.3, 0.4) is 0 Å². The van der Waals surface area contributed by atoms with Gasteiger partial charge in [-0.1, -0.05) is 0 Å². The Balaban J connectivity index is 1.70. The molecule has 0 spiro atoms. The first-order valence-corrected chi connectivity index (χ1v) is 7.92. The highest BCUT2D eigenvalue weighted by Gasteiger charge is 2.27. The first-order chi connectivity index (χ1) is 11.3. The number of carbonyl (C=O) groups is 1. The maximum Gasteiger partial charge on any atom is 0.253 e. The van der Waals surface area contributed by atoms with E-state index in [1.54, 1.807) is 12.4 Å². The molecule has 3 aromatic heterocycles. The van der Waals surface area contributed by atoms with E-state index in [-0.39, 0.29) is 5.91 Å². The molecule has 114 valence electrons. The highest BCUT2D eigenvalue weighted by atomic mass is 16.1. The summed E-state index contributed by atoms with van der Waals surface area (Å²) in [7, 11) is 0. The maximum absolute atomic E-state index is 12.0. The van der Waals surface area contributed by atoms with Crippen LogP contribution in [0.5, 0.6) is 0 Å². The smallest absolute Gasteiger partial charge is 0.253 e. The van der Waals surface area contributed by atoms with Crippen LogP contribution in [0.2, 0.25) is 0 Å². The van der Waals surface area contributed by atoms with Gasteiger partial charge in [-0.2, -0.15) is 0 Å². The Hall–Kier alpha value is -2.76. The molecule has 0 atom stereocenters. The number of amides is 1. The first kappa shape index (κ1) is 12.8. The summed E-state index contributed by atoms with van der Waals surface area (Å²) in [6.07, 6.45) is 6.72. The van der Waals surface area contributed by atoms with E-state index in [0.29, 0.717) is 12.5 Å². The van der Waals surface area contributed by atoms with Crippen molar-refractivity contribution in [2.24, 2.45) is 0 Å². The molecule has 0 unspecified atom stereocenters. The van der Waals surface area contributed by atoms with Crippen LogP contribution in [0.4, 0.5) is 0 Å². The highest BCUT2D eigenvalue weighted by molar-refractivity contribution is 5.99. The molecule has 23 heavy (non-hydrogen) atoms. The lowest BCUT2D eigenvalue weighted by atomic mass is 10.1. The van der Waals surface area contributed by atoms with Crippen LogP contribution in [-0.2, 0) is 6.42 Å². The molecule has 1 amide bonds. The van der Waals surface area contributed by atoms with Crippen molar-refractivity contribution in [3.05, 3.63) is 41.6 Å². The number of aromatic nitrogens is 4. The number of hydrogen-bond acceptors (Lipinski definition) is 4. The molecule has 0 saturated heterocycles. The van der Waals surface area contributed by atoms with Gasteiger partial charge in [-0.25, -0.2) is 9.97 Å². The minimum Gasteiger partial charge on any atom is -0.358 e. The molecule has 1 aliphatic heterocycles. The molecule has 0 bridgehead atoms. The van der Waals surface area contributed by atoms with Gasteiger partial charge in [0.1, 0.15) is 16.9 Å². The van der Waals surface area contributed by atoms with Crippen LogP contribution in [0.15, 0.2) is 24.5 Å². The Morgan fingerprint density at radius 3 is 2.91 bits per heavy atom. The van der Waals surface area contributed by atoms with Crippen molar-refractivity contribution in [2.45, 2.75) is 25.2 Å². The monoisotopic (exact) mass is 305 g/mol. The largest absolute Gasteiger partial charge is 0.358 e. The Bertz CT molecular complexity index is 941. The molecule has 1 aliphatic carbocycles. The summed E-state index contributed by atoms with van der Waals surface area (Å²) in [6, 6.07) is 3.86. The number of nitrogens with zero attached hydrogens (tertiary/aromatic N) is 3. The van der Waals surface area contributed by atoms with Gasteiger partial charge in [0.15, 0.2) is 0 Å². The molecule has 6 heteroatoms. The van der Waals surface area contributed by atoms with Gasteiger partial charge in [-0.15, -0.1) is 0 Å². The minimum atomic E-state index is -0.0135. The zero-order chi connectivity index (χ0) is 15.4. The van der Waals surface area contributed by atoms with Gasteiger partial charge >= 0.3 is 0 Å².